The number of halogens is 1. The van der Waals surface area contributed by atoms with Gasteiger partial charge < -0.3 is 5.32 Å². The second-order valence-electron chi connectivity index (χ2n) is 12.0. The maximum Gasteiger partial charge on any atom is 0.220 e. The highest BCUT2D eigenvalue weighted by Gasteiger charge is 2.57. The first-order valence-corrected chi connectivity index (χ1v) is 11.7. The molecular formula is C23H34ClNO. The minimum absolute atomic E-state index is 0.0320. The summed E-state index contributed by atoms with van der Waals surface area (Å²) >= 11 is 6.96. The van der Waals surface area contributed by atoms with Crippen molar-refractivity contribution in [3.8, 4) is 0 Å². The molecule has 8 aliphatic carbocycles. The van der Waals surface area contributed by atoms with Crippen LogP contribution in [0.1, 0.15) is 83.5 Å². The highest BCUT2D eigenvalue weighted by molar-refractivity contribution is 6.24. The van der Waals surface area contributed by atoms with Crippen LogP contribution in [0.25, 0.3) is 0 Å². The Labute approximate surface area is 163 Å². The van der Waals surface area contributed by atoms with Crippen LogP contribution >= 0.6 is 11.6 Å². The van der Waals surface area contributed by atoms with Crippen LogP contribution in [0.3, 0.4) is 0 Å². The lowest BCUT2D eigenvalue weighted by Gasteiger charge is -2.60. The van der Waals surface area contributed by atoms with Gasteiger partial charge in [0.25, 0.3) is 0 Å². The molecular weight excluding hydrogens is 342 g/mol. The van der Waals surface area contributed by atoms with Crippen LogP contribution in [0.4, 0.5) is 0 Å². The Morgan fingerprint density at radius 1 is 0.769 bits per heavy atom. The van der Waals surface area contributed by atoms with Crippen molar-refractivity contribution in [2.45, 2.75) is 88.3 Å². The largest absolute Gasteiger partial charge is 0.356 e. The van der Waals surface area contributed by atoms with Gasteiger partial charge in [-0.25, -0.2) is 0 Å². The Bertz CT molecular complexity index is 578. The second-order valence-corrected chi connectivity index (χ2v) is 12.8. The lowest BCUT2D eigenvalue weighted by atomic mass is 9.48. The second kappa shape index (κ2) is 5.43. The van der Waals surface area contributed by atoms with E-state index in [1.165, 1.54) is 70.6 Å². The minimum Gasteiger partial charge on any atom is -0.356 e. The number of carbonyl (C=O) groups excluding carboxylic acids is 1. The molecule has 2 nitrogen and oxygen atoms in total. The fourth-order valence-corrected chi connectivity index (χ4v) is 10.5. The van der Waals surface area contributed by atoms with Gasteiger partial charge >= 0.3 is 0 Å². The molecule has 8 rings (SSSR count). The summed E-state index contributed by atoms with van der Waals surface area (Å²) in [6.45, 7) is 0.963. The molecule has 2 atom stereocenters. The van der Waals surface area contributed by atoms with Gasteiger partial charge in [-0.2, -0.15) is 0 Å². The van der Waals surface area contributed by atoms with Crippen molar-refractivity contribution in [1.29, 1.82) is 0 Å². The Hall–Kier alpha value is -0.240. The predicted molar refractivity (Wildman–Crippen MR) is 104 cm³/mol. The third-order valence-corrected chi connectivity index (χ3v) is 9.91. The van der Waals surface area contributed by atoms with Gasteiger partial charge in [0.05, 0.1) is 0 Å². The van der Waals surface area contributed by atoms with Gasteiger partial charge in [0, 0.05) is 17.8 Å². The third kappa shape index (κ3) is 2.68. The Morgan fingerprint density at radius 3 is 1.81 bits per heavy atom. The van der Waals surface area contributed by atoms with Crippen molar-refractivity contribution < 1.29 is 4.79 Å². The van der Waals surface area contributed by atoms with Crippen molar-refractivity contribution in [1.82, 2.24) is 5.32 Å². The zero-order chi connectivity index (χ0) is 17.6. The van der Waals surface area contributed by atoms with E-state index in [9.17, 15) is 4.79 Å². The van der Waals surface area contributed by atoms with Gasteiger partial charge in [0.1, 0.15) is 0 Å². The average molecular weight is 376 g/mol. The van der Waals surface area contributed by atoms with E-state index in [4.69, 9.17) is 11.6 Å². The molecule has 144 valence electrons. The maximum absolute atomic E-state index is 13.0. The lowest BCUT2D eigenvalue weighted by molar-refractivity contribution is -0.130. The van der Waals surface area contributed by atoms with Crippen molar-refractivity contribution in [2.24, 2.45) is 40.4 Å². The molecule has 3 heteroatoms. The number of hydrogen-bond acceptors (Lipinski definition) is 1. The topological polar surface area (TPSA) is 29.1 Å². The zero-order valence-corrected chi connectivity index (χ0v) is 16.8. The maximum atomic E-state index is 13.0. The Balaban J connectivity index is 1.11. The van der Waals surface area contributed by atoms with Crippen LogP contribution in [0, 0.1) is 40.4 Å². The van der Waals surface area contributed by atoms with E-state index >= 15 is 0 Å². The Morgan fingerprint density at radius 2 is 1.27 bits per heavy atom. The molecule has 8 bridgehead atoms. The smallest absolute Gasteiger partial charge is 0.220 e. The summed E-state index contributed by atoms with van der Waals surface area (Å²) in [4.78, 5) is 13.0. The molecule has 0 spiro atoms. The van der Waals surface area contributed by atoms with Crippen LogP contribution in [0.2, 0.25) is 0 Å². The molecule has 8 fully saturated rings. The minimum atomic E-state index is 0.0320. The van der Waals surface area contributed by atoms with Crippen LogP contribution in [-0.2, 0) is 4.79 Å². The quantitative estimate of drug-likeness (QED) is 0.665. The summed E-state index contributed by atoms with van der Waals surface area (Å²) in [7, 11) is 0. The summed E-state index contributed by atoms with van der Waals surface area (Å²) in [5.74, 6) is 4.84. The molecule has 0 saturated heterocycles. The van der Waals surface area contributed by atoms with Crippen LogP contribution in [0.15, 0.2) is 0 Å². The highest BCUT2D eigenvalue weighted by Crippen LogP contribution is 2.65. The summed E-state index contributed by atoms with van der Waals surface area (Å²) in [6, 6.07) is 0. The molecule has 8 aliphatic rings. The average Bonchev–Trinajstić information content (AvgIpc) is 2.49. The van der Waals surface area contributed by atoms with Crippen LogP contribution in [-0.4, -0.2) is 17.3 Å². The zero-order valence-electron chi connectivity index (χ0n) is 16.1. The number of alkyl halides is 1. The molecule has 0 aliphatic heterocycles. The molecule has 0 heterocycles. The lowest BCUT2D eigenvalue weighted by Crippen LogP contribution is -2.55. The standard InChI is InChI=1S/C23H34ClNO/c24-23-10-18-4-19(11-23)9-21(8-18,13-23)12-20(26)25-14-22-5-15-1-16(6-22)3-17(2-15)7-22/h15-19H,1-14H2,(H,25,26). The van der Waals surface area contributed by atoms with Crippen LogP contribution < -0.4 is 5.32 Å². The molecule has 0 aromatic heterocycles. The van der Waals surface area contributed by atoms with E-state index < -0.39 is 0 Å². The SMILES string of the molecule is O=C(CC12CC3CC(CC(Cl)(C3)C1)C2)NCC12CC3CC(CC(C3)C1)C2. The summed E-state index contributed by atoms with van der Waals surface area (Å²) in [5.41, 5.74) is 0.691. The first-order chi connectivity index (χ1) is 12.4. The van der Waals surface area contributed by atoms with Gasteiger partial charge in [-0.3, -0.25) is 4.79 Å². The molecule has 0 radical (unpaired) electrons. The molecule has 1 amide bonds. The summed E-state index contributed by atoms with van der Waals surface area (Å²) < 4.78 is 0. The fraction of sp³-hybridized carbons (Fsp3) is 0.957. The van der Waals surface area contributed by atoms with Crippen molar-refractivity contribution in [2.75, 3.05) is 6.54 Å². The first-order valence-electron chi connectivity index (χ1n) is 11.4. The highest BCUT2D eigenvalue weighted by atomic mass is 35.5. The molecule has 0 aromatic rings. The predicted octanol–water partition coefficient (Wildman–Crippen LogP) is 5.29. The van der Waals surface area contributed by atoms with Crippen molar-refractivity contribution >= 4 is 17.5 Å². The molecule has 8 saturated carbocycles. The van der Waals surface area contributed by atoms with Gasteiger partial charge in [-0.15, -0.1) is 11.6 Å². The monoisotopic (exact) mass is 375 g/mol. The number of rotatable bonds is 4. The molecule has 2 unspecified atom stereocenters. The number of hydrogen-bond donors (Lipinski definition) is 1. The van der Waals surface area contributed by atoms with E-state index in [-0.39, 0.29) is 10.3 Å². The van der Waals surface area contributed by atoms with E-state index in [0.29, 0.717) is 11.3 Å². The number of carbonyl (C=O) groups is 1. The van der Waals surface area contributed by atoms with Gasteiger partial charge in [0.15, 0.2) is 0 Å². The van der Waals surface area contributed by atoms with Crippen LogP contribution in [0.5, 0.6) is 0 Å². The number of amides is 1. The normalized spacial score (nSPS) is 56.1. The summed E-state index contributed by atoms with van der Waals surface area (Å²) in [6.07, 6.45) is 16.8. The van der Waals surface area contributed by atoms with Crippen molar-refractivity contribution in [3.05, 3.63) is 0 Å². The number of nitrogens with one attached hydrogen (secondary N) is 1. The Kier molecular flexibility index (Phi) is 3.48. The van der Waals surface area contributed by atoms with Crippen molar-refractivity contribution in [3.63, 3.8) is 0 Å². The third-order valence-electron chi connectivity index (χ3n) is 9.47. The van der Waals surface area contributed by atoms with Gasteiger partial charge in [-0.1, -0.05) is 0 Å². The van der Waals surface area contributed by atoms with E-state index in [0.717, 1.165) is 49.0 Å². The molecule has 26 heavy (non-hydrogen) atoms. The van der Waals surface area contributed by atoms with E-state index in [1.807, 2.05) is 0 Å². The first kappa shape index (κ1) is 16.7. The molecule has 1 N–H and O–H groups in total. The van der Waals surface area contributed by atoms with E-state index in [2.05, 4.69) is 5.32 Å². The fourth-order valence-electron chi connectivity index (χ4n) is 9.74. The van der Waals surface area contributed by atoms with Gasteiger partial charge in [-0.05, 0) is 117 Å². The summed E-state index contributed by atoms with van der Waals surface area (Å²) in [5, 5.41) is 3.45. The van der Waals surface area contributed by atoms with Gasteiger partial charge in [0.2, 0.25) is 5.91 Å². The van der Waals surface area contributed by atoms with E-state index in [1.54, 1.807) is 0 Å². The molecule has 0 aromatic carbocycles.